The van der Waals surface area contributed by atoms with E-state index in [2.05, 4.69) is 22.9 Å². The minimum atomic E-state index is 0.192. The topological polar surface area (TPSA) is 34.0 Å². The molecule has 3 heteroatoms. The van der Waals surface area contributed by atoms with Crippen LogP contribution in [0, 0.1) is 5.92 Å². The van der Waals surface area contributed by atoms with Gasteiger partial charge in [-0.2, -0.15) is 0 Å². The first-order valence-electron chi connectivity index (χ1n) is 6.73. The molecule has 0 aromatic carbocycles. The summed E-state index contributed by atoms with van der Waals surface area (Å²) < 4.78 is 2.09. The molecule has 3 heterocycles. The molecule has 2 bridgehead atoms. The van der Waals surface area contributed by atoms with Gasteiger partial charge in [0.2, 0.25) is 0 Å². The number of nitrogens with zero attached hydrogens (tertiary/aromatic N) is 1. The number of piperidine rings is 1. The van der Waals surface area contributed by atoms with Crippen LogP contribution in [-0.2, 0) is 0 Å². The van der Waals surface area contributed by atoms with Crippen molar-refractivity contribution in [2.75, 3.05) is 13.1 Å². The third kappa shape index (κ3) is 1.73. The van der Waals surface area contributed by atoms with Crippen molar-refractivity contribution in [1.82, 2.24) is 9.88 Å². The van der Waals surface area contributed by atoms with Gasteiger partial charge in [-0.05, 0) is 31.4 Å². The molecule has 0 amide bonds. The summed E-state index contributed by atoms with van der Waals surface area (Å²) in [6, 6.07) is 6.16. The summed E-state index contributed by atoms with van der Waals surface area (Å²) in [5.74, 6) is 1.18. The van der Waals surface area contributed by atoms with Crippen LogP contribution in [0.2, 0.25) is 0 Å². The fourth-order valence-electron chi connectivity index (χ4n) is 3.57. The minimum absolute atomic E-state index is 0.192. The van der Waals surface area contributed by atoms with E-state index in [4.69, 9.17) is 0 Å². The molecule has 0 unspecified atom stereocenters. The van der Waals surface area contributed by atoms with Crippen molar-refractivity contribution in [2.24, 2.45) is 5.92 Å². The zero-order valence-electron chi connectivity index (χ0n) is 10.4. The Hall–Kier alpha value is -1.09. The van der Waals surface area contributed by atoms with Crippen molar-refractivity contribution in [2.45, 2.75) is 38.1 Å². The molecule has 0 spiro atoms. The maximum Gasteiger partial charge on any atom is 0.250 e. The fraction of sp³-hybridized carbons (Fsp3) is 0.643. The molecule has 1 N–H and O–H groups in total. The summed E-state index contributed by atoms with van der Waals surface area (Å²) in [6.07, 6.45) is 3.52. The van der Waals surface area contributed by atoms with Crippen LogP contribution >= 0.6 is 0 Å². The van der Waals surface area contributed by atoms with Crippen LogP contribution in [-0.4, -0.2) is 17.7 Å². The number of hydrogen-bond acceptors (Lipinski definition) is 2. The van der Waals surface area contributed by atoms with Gasteiger partial charge in [0.25, 0.3) is 5.56 Å². The molecule has 1 aromatic heterocycles. The van der Waals surface area contributed by atoms with Gasteiger partial charge in [-0.25, -0.2) is 0 Å². The van der Waals surface area contributed by atoms with E-state index >= 15 is 0 Å². The largest absolute Gasteiger partial charge is 0.316 e. The Bertz CT molecular complexity index is 466. The minimum Gasteiger partial charge on any atom is -0.316 e. The summed E-state index contributed by atoms with van der Waals surface area (Å²) in [5.41, 5.74) is 1.44. The summed E-state index contributed by atoms with van der Waals surface area (Å²) >= 11 is 0. The second kappa shape index (κ2) is 4.30. The van der Waals surface area contributed by atoms with E-state index in [0.29, 0.717) is 17.9 Å². The van der Waals surface area contributed by atoms with Gasteiger partial charge in [0.1, 0.15) is 0 Å². The van der Waals surface area contributed by atoms with Crippen LogP contribution in [0.25, 0.3) is 0 Å². The van der Waals surface area contributed by atoms with E-state index in [1.165, 1.54) is 12.1 Å². The standard InChI is InChI=1S/C14H20N2O/c1-2-4-12-10-7-11(9-15-8-10)13-5-3-6-14(17)16(12)13/h3,5-6,10-12,15H,2,4,7-9H2,1H3/t10-,11+,12-/m0/s1. The summed E-state index contributed by atoms with van der Waals surface area (Å²) in [6.45, 7) is 4.30. The van der Waals surface area contributed by atoms with Crippen LogP contribution in [0.4, 0.5) is 0 Å². The molecule has 2 aliphatic rings. The van der Waals surface area contributed by atoms with Gasteiger partial charge in [0.15, 0.2) is 0 Å². The number of hydrogen-bond donors (Lipinski definition) is 1. The van der Waals surface area contributed by atoms with Gasteiger partial charge >= 0.3 is 0 Å². The maximum atomic E-state index is 12.1. The van der Waals surface area contributed by atoms with Crippen molar-refractivity contribution in [3.63, 3.8) is 0 Å². The molecule has 1 aromatic rings. The van der Waals surface area contributed by atoms with Crippen LogP contribution in [0.1, 0.15) is 43.8 Å². The molecule has 3 atom stereocenters. The Labute approximate surface area is 102 Å². The number of aromatic nitrogens is 1. The summed E-state index contributed by atoms with van der Waals surface area (Å²) in [4.78, 5) is 12.1. The lowest BCUT2D eigenvalue weighted by Gasteiger charge is -2.43. The van der Waals surface area contributed by atoms with E-state index in [0.717, 1.165) is 25.9 Å². The molecular formula is C14H20N2O. The highest BCUT2D eigenvalue weighted by Gasteiger charge is 2.36. The van der Waals surface area contributed by atoms with Crippen LogP contribution in [0.15, 0.2) is 23.0 Å². The molecule has 3 rings (SSSR count). The van der Waals surface area contributed by atoms with Gasteiger partial charge in [-0.15, -0.1) is 0 Å². The molecule has 17 heavy (non-hydrogen) atoms. The lowest BCUT2D eigenvalue weighted by molar-refractivity contribution is 0.185. The zero-order valence-corrected chi connectivity index (χ0v) is 10.4. The third-order valence-corrected chi connectivity index (χ3v) is 4.28. The normalized spacial score (nSPS) is 31.0. The molecule has 2 aliphatic heterocycles. The first-order chi connectivity index (χ1) is 8.31. The maximum absolute atomic E-state index is 12.1. The van der Waals surface area contributed by atoms with E-state index in [1.807, 2.05) is 6.07 Å². The molecule has 1 fully saturated rings. The number of nitrogens with one attached hydrogen (secondary N) is 1. The highest BCUT2D eigenvalue weighted by atomic mass is 16.1. The lowest BCUT2D eigenvalue weighted by Crippen LogP contribution is -2.47. The Morgan fingerprint density at radius 2 is 2.29 bits per heavy atom. The quantitative estimate of drug-likeness (QED) is 0.845. The average molecular weight is 232 g/mol. The summed E-state index contributed by atoms with van der Waals surface area (Å²) in [7, 11) is 0. The second-order valence-corrected chi connectivity index (χ2v) is 5.37. The molecule has 1 saturated heterocycles. The molecular weight excluding hydrogens is 212 g/mol. The van der Waals surface area contributed by atoms with Gasteiger partial charge < -0.3 is 9.88 Å². The smallest absolute Gasteiger partial charge is 0.250 e. The summed E-state index contributed by atoms with van der Waals surface area (Å²) in [5, 5.41) is 3.52. The predicted octanol–water partition coefficient (Wildman–Crippen LogP) is 1.90. The fourth-order valence-corrected chi connectivity index (χ4v) is 3.57. The Morgan fingerprint density at radius 1 is 1.41 bits per heavy atom. The third-order valence-electron chi connectivity index (χ3n) is 4.28. The van der Waals surface area contributed by atoms with Crippen LogP contribution in [0.3, 0.4) is 0 Å². The average Bonchev–Trinajstić information content (AvgIpc) is 2.35. The van der Waals surface area contributed by atoms with E-state index in [-0.39, 0.29) is 5.56 Å². The van der Waals surface area contributed by atoms with E-state index in [9.17, 15) is 4.79 Å². The Morgan fingerprint density at radius 3 is 3.12 bits per heavy atom. The van der Waals surface area contributed by atoms with Crippen LogP contribution in [0.5, 0.6) is 0 Å². The highest BCUT2D eigenvalue weighted by molar-refractivity contribution is 5.18. The molecule has 3 nitrogen and oxygen atoms in total. The first kappa shape index (κ1) is 11.0. The predicted molar refractivity (Wildman–Crippen MR) is 68.4 cm³/mol. The SMILES string of the molecule is CCC[C@H]1[C@@H]2CNC[C@@H](C2)c2cccc(=O)n21. The Kier molecular flexibility index (Phi) is 2.79. The highest BCUT2D eigenvalue weighted by Crippen LogP contribution is 2.40. The molecule has 0 aliphatic carbocycles. The van der Waals surface area contributed by atoms with Gasteiger partial charge in [0.05, 0.1) is 0 Å². The Balaban J connectivity index is 2.12. The lowest BCUT2D eigenvalue weighted by atomic mass is 9.78. The first-order valence-corrected chi connectivity index (χ1v) is 6.73. The number of rotatable bonds is 2. The molecule has 0 radical (unpaired) electrons. The van der Waals surface area contributed by atoms with Crippen molar-refractivity contribution < 1.29 is 0 Å². The molecule has 92 valence electrons. The second-order valence-electron chi connectivity index (χ2n) is 5.37. The number of fused-ring (bicyclic) bond motifs is 4. The van der Waals surface area contributed by atoms with Gasteiger partial charge in [0, 0.05) is 30.3 Å². The monoisotopic (exact) mass is 232 g/mol. The molecule has 0 saturated carbocycles. The zero-order chi connectivity index (χ0) is 11.8. The van der Waals surface area contributed by atoms with Crippen molar-refractivity contribution in [1.29, 1.82) is 0 Å². The van der Waals surface area contributed by atoms with Gasteiger partial charge in [-0.1, -0.05) is 19.4 Å². The van der Waals surface area contributed by atoms with Crippen LogP contribution < -0.4 is 10.9 Å². The van der Waals surface area contributed by atoms with Crippen molar-refractivity contribution in [3.05, 3.63) is 34.2 Å². The van der Waals surface area contributed by atoms with E-state index < -0.39 is 0 Å². The van der Waals surface area contributed by atoms with Crippen molar-refractivity contribution in [3.8, 4) is 0 Å². The van der Waals surface area contributed by atoms with E-state index in [1.54, 1.807) is 6.07 Å². The number of pyridine rings is 1. The van der Waals surface area contributed by atoms with Crippen molar-refractivity contribution >= 4 is 0 Å². The van der Waals surface area contributed by atoms with Gasteiger partial charge in [-0.3, -0.25) is 4.79 Å².